The van der Waals surface area contributed by atoms with Crippen molar-refractivity contribution in [1.29, 1.82) is 0 Å². The molecule has 0 aliphatic heterocycles. The average molecular weight is 232 g/mol. The summed E-state index contributed by atoms with van der Waals surface area (Å²) >= 11 is 1.68. The second kappa shape index (κ2) is 4.40. The molecule has 1 aromatic carbocycles. The van der Waals surface area contributed by atoms with Crippen LogP contribution in [0.2, 0.25) is 0 Å². The Morgan fingerprint density at radius 3 is 2.25 bits per heavy atom. The van der Waals surface area contributed by atoms with Crippen molar-refractivity contribution in [2.75, 3.05) is 0 Å². The molecule has 2 heteroatoms. The van der Waals surface area contributed by atoms with E-state index in [1.54, 1.807) is 11.3 Å². The molecule has 2 rings (SSSR count). The van der Waals surface area contributed by atoms with Gasteiger partial charge in [-0.25, -0.2) is 0 Å². The topological polar surface area (TPSA) is 20.2 Å². The lowest BCUT2D eigenvalue weighted by Crippen LogP contribution is -2.03. The van der Waals surface area contributed by atoms with E-state index >= 15 is 0 Å². The number of aliphatic hydroxyl groups excluding tert-OH is 1. The summed E-state index contributed by atoms with van der Waals surface area (Å²) in [5, 5.41) is 12.4. The van der Waals surface area contributed by atoms with Crippen LogP contribution in [0.5, 0.6) is 0 Å². The van der Waals surface area contributed by atoms with E-state index in [1.807, 2.05) is 37.4 Å². The van der Waals surface area contributed by atoms with Crippen LogP contribution in [0.15, 0.2) is 29.6 Å². The average Bonchev–Trinajstić information content (AvgIpc) is 2.64. The van der Waals surface area contributed by atoms with Crippen LogP contribution in [0.1, 0.15) is 33.2 Å². The van der Waals surface area contributed by atoms with Crippen molar-refractivity contribution < 1.29 is 5.11 Å². The largest absolute Gasteiger partial charge is 0.384 e. The molecule has 0 fully saturated rings. The number of aryl methyl sites for hydroxylation is 3. The van der Waals surface area contributed by atoms with Gasteiger partial charge in [-0.2, -0.15) is 0 Å². The summed E-state index contributed by atoms with van der Waals surface area (Å²) in [6.45, 7) is 6.15. The van der Waals surface area contributed by atoms with Gasteiger partial charge in [0, 0.05) is 4.88 Å². The Morgan fingerprint density at radius 2 is 1.75 bits per heavy atom. The minimum absolute atomic E-state index is 0.494. The molecule has 0 amide bonds. The zero-order chi connectivity index (χ0) is 11.7. The monoisotopic (exact) mass is 232 g/mol. The molecule has 1 atom stereocenters. The fourth-order valence-electron chi connectivity index (χ4n) is 2.03. The third-order valence-electron chi connectivity index (χ3n) is 2.88. The van der Waals surface area contributed by atoms with Crippen molar-refractivity contribution in [2.24, 2.45) is 0 Å². The molecular formula is C14H16OS. The van der Waals surface area contributed by atoms with Crippen molar-refractivity contribution >= 4 is 11.3 Å². The van der Waals surface area contributed by atoms with Gasteiger partial charge in [0.25, 0.3) is 0 Å². The highest BCUT2D eigenvalue weighted by atomic mass is 32.1. The highest BCUT2D eigenvalue weighted by Crippen LogP contribution is 2.30. The van der Waals surface area contributed by atoms with Gasteiger partial charge in [0.1, 0.15) is 6.10 Å². The minimum Gasteiger partial charge on any atom is -0.384 e. The van der Waals surface area contributed by atoms with Crippen LogP contribution < -0.4 is 0 Å². The molecule has 1 aromatic heterocycles. The Hall–Kier alpha value is -1.12. The molecule has 1 unspecified atom stereocenters. The molecule has 1 heterocycles. The fraction of sp³-hybridized carbons (Fsp3) is 0.286. The first-order valence-corrected chi connectivity index (χ1v) is 6.27. The molecule has 0 bridgehead atoms. The van der Waals surface area contributed by atoms with Gasteiger partial charge in [0.05, 0.1) is 0 Å². The van der Waals surface area contributed by atoms with Crippen LogP contribution in [0.4, 0.5) is 0 Å². The van der Waals surface area contributed by atoms with Gasteiger partial charge in [-0.05, 0) is 54.5 Å². The third kappa shape index (κ3) is 2.04. The Bertz CT molecular complexity index is 479. The van der Waals surface area contributed by atoms with E-state index in [4.69, 9.17) is 0 Å². The summed E-state index contributed by atoms with van der Waals surface area (Å²) < 4.78 is 0. The van der Waals surface area contributed by atoms with E-state index in [0.29, 0.717) is 0 Å². The first-order chi connectivity index (χ1) is 7.59. The fourth-order valence-corrected chi connectivity index (χ4v) is 2.76. The van der Waals surface area contributed by atoms with Gasteiger partial charge in [-0.1, -0.05) is 18.2 Å². The molecule has 0 radical (unpaired) electrons. The van der Waals surface area contributed by atoms with Crippen LogP contribution in [0.25, 0.3) is 0 Å². The Kier molecular flexibility index (Phi) is 3.13. The second-order valence-electron chi connectivity index (χ2n) is 4.20. The van der Waals surface area contributed by atoms with Crippen LogP contribution in [-0.4, -0.2) is 5.11 Å². The second-order valence-corrected chi connectivity index (χ2v) is 5.31. The van der Waals surface area contributed by atoms with Gasteiger partial charge in [0.15, 0.2) is 0 Å². The van der Waals surface area contributed by atoms with E-state index in [1.165, 1.54) is 4.88 Å². The zero-order valence-corrected chi connectivity index (χ0v) is 10.6. The first-order valence-electron chi connectivity index (χ1n) is 5.39. The molecule has 0 spiro atoms. The highest BCUT2D eigenvalue weighted by molar-refractivity contribution is 7.10. The van der Waals surface area contributed by atoms with Crippen LogP contribution in [-0.2, 0) is 0 Å². The predicted molar refractivity (Wildman–Crippen MR) is 69.0 cm³/mol. The molecular weight excluding hydrogens is 216 g/mol. The molecule has 1 N–H and O–H groups in total. The Labute approximate surface area is 100 Å². The molecule has 0 aliphatic rings. The van der Waals surface area contributed by atoms with Crippen molar-refractivity contribution in [3.63, 3.8) is 0 Å². The predicted octanol–water partition coefficient (Wildman–Crippen LogP) is 3.76. The normalized spacial score (nSPS) is 12.8. The quantitative estimate of drug-likeness (QED) is 0.836. The maximum Gasteiger partial charge on any atom is 0.105 e. The van der Waals surface area contributed by atoms with E-state index < -0.39 is 6.10 Å². The summed E-state index contributed by atoms with van der Waals surface area (Å²) in [7, 11) is 0. The third-order valence-corrected chi connectivity index (χ3v) is 3.76. The maximum absolute atomic E-state index is 10.4. The van der Waals surface area contributed by atoms with Gasteiger partial charge >= 0.3 is 0 Å². The van der Waals surface area contributed by atoms with E-state index in [2.05, 4.69) is 13.0 Å². The van der Waals surface area contributed by atoms with Crippen LogP contribution in [0.3, 0.4) is 0 Å². The molecule has 16 heavy (non-hydrogen) atoms. The van der Waals surface area contributed by atoms with E-state index in [9.17, 15) is 5.11 Å². The highest BCUT2D eigenvalue weighted by Gasteiger charge is 2.15. The Morgan fingerprint density at radius 1 is 1.12 bits per heavy atom. The summed E-state index contributed by atoms with van der Waals surface area (Å²) in [6, 6.07) is 8.18. The van der Waals surface area contributed by atoms with Crippen LogP contribution in [0, 0.1) is 20.8 Å². The number of benzene rings is 1. The molecule has 0 saturated carbocycles. The van der Waals surface area contributed by atoms with Crippen molar-refractivity contribution in [1.82, 2.24) is 0 Å². The zero-order valence-electron chi connectivity index (χ0n) is 9.82. The van der Waals surface area contributed by atoms with Crippen LogP contribution >= 0.6 is 11.3 Å². The van der Waals surface area contributed by atoms with Gasteiger partial charge in [0.2, 0.25) is 0 Å². The number of aliphatic hydroxyl groups is 1. The smallest absolute Gasteiger partial charge is 0.105 e. The summed E-state index contributed by atoms with van der Waals surface area (Å²) in [4.78, 5) is 1.24. The number of rotatable bonds is 2. The van der Waals surface area contributed by atoms with Gasteiger partial charge < -0.3 is 5.11 Å². The lowest BCUT2D eigenvalue weighted by molar-refractivity contribution is 0.219. The number of hydrogen-bond donors (Lipinski definition) is 1. The van der Waals surface area contributed by atoms with E-state index in [0.717, 1.165) is 22.3 Å². The van der Waals surface area contributed by atoms with Crippen molar-refractivity contribution in [3.05, 3.63) is 56.8 Å². The molecule has 0 saturated heterocycles. The number of thiophene rings is 1. The molecule has 0 aliphatic carbocycles. The van der Waals surface area contributed by atoms with E-state index in [-0.39, 0.29) is 0 Å². The number of hydrogen-bond acceptors (Lipinski definition) is 2. The molecule has 84 valence electrons. The van der Waals surface area contributed by atoms with Crippen molar-refractivity contribution in [3.8, 4) is 0 Å². The molecule has 1 nitrogen and oxygen atoms in total. The standard InChI is InChI=1S/C14H16OS/c1-9-5-4-6-10(2)13(9)14(15)12-7-11(3)16-8-12/h4-8,14-15H,1-3H3. The molecule has 2 aromatic rings. The van der Waals surface area contributed by atoms with Crippen molar-refractivity contribution in [2.45, 2.75) is 26.9 Å². The van der Waals surface area contributed by atoms with Gasteiger partial charge in [-0.3, -0.25) is 0 Å². The van der Waals surface area contributed by atoms with Gasteiger partial charge in [-0.15, -0.1) is 11.3 Å². The summed E-state index contributed by atoms with van der Waals surface area (Å²) in [5.74, 6) is 0. The lowest BCUT2D eigenvalue weighted by atomic mass is 9.95. The SMILES string of the molecule is Cc1cc(C(O)c2c(C)cccc2C)cs1. The lowest BCUT2D eigenvalue weighted by Gasteiger charge is -2.15. The minimum atomic E-state index is -0.494. The maximum atomic E-state index is 10.4. The summed E-state index contributed by atoms with van der Waals surface area (Å²) in [6.07, 6.45) is -0.494. The Balaban J connectivity index is 2.45. The first kappa shape index (κ1) is 11.4. The summed E-state index contributed by atoms with van der Waals surface area (Å²) in [5.41, 5.74) is 4.34.